The highest BCUT2D eigenvalue weighted by atomic mass is 79.9. The molecule has 0 aliphatic heterocycles. The maximum absolute atomic E-state index is 8.89. The Hall–Kier alpha value is -2.57. The molecule has 0 N–H and O–H groups in total. The van der Waals surface area contributed by atoms with Gasteiger partial charge in [0.25, 0.3) is 0 Å². The zero-order chi connectivity index (χ0) is 21.0. The molecular weight excluding hydrogens is 434 g/mol. The molecule has 0 bridgehead atoms. The minimum Gasteiger partial charge on any atom is -0.494 e. The number of halogens is 1. The van der Waals surface area contributed by atoms with Crippen molar-refractivity contribution in [2.75, 3.05) is 6.61 Å². The molecule has 2 nitrogen and oxygen atoms in total. The number of ether oxygens (including phenoxy) is 1. The van der Waals surface area contributed by atoms with E-state index in [0.29, 0.717) is 5.56 Å². The average molecular weight is 462 g/mol. The molecule has 3 heteroatoms. The Morgan fingerprint density at radius 2 is 1.23 bits per heavy atom. The Labute approximate surface area is 188 Å². The van der Waals surface area contributed by atoms with Gasteiger partial charge in [0.15, 0.2) is 0 Å². The molecule has 154 valence electrons. The van der Waals surface area contributed by atoms with Crippen LogP contribution in [0, 0.1) is 11.3 Å². The highest BCUT2D eigenvalue weighted by molar-refractivity contribution is 9.10. The summed E-state index contributed by atoms with van der Waals surface area (Å²) in [7, 11) is 0. The summed E-state index contributed by atoms with van der Waals surface area (Å²) >= 11 is 3.48. The van der Waals surface area contributed by atoms with E-state index in [0.717, 1.165) is 34.4 Å². The number of nitriles is 1. The van der Waals surface area contributed by atoms with E-state index in [4.69, 9.17) is 10.00 Å². The number of hydrogen-bond donors (Lipinski definition) is 0. The van der Waals surface area contributed by atoms with Crippen LogP contribution in [0.3, 0.4) is 0 Å². The molecule has 0 unspecified atom stereocenters. The van der Waals surface area contributed by atoms with Gasteiger partial charge in [0.05, 0.1) is 18.2 Å². The van der Waals surface area contributed by atoms with Crippen LogP contribution in [-0.4, -0.2) is 6.61 Å². The first-order valence-corrected chi connectivity index (χ1v) is 11.5. The molecule has 0 atom stereocenters. The van der Waals surface area contributed by atoms with Crippen LogP contribution in [0.4, 0.5) is 0 Å². The van der Waals surface area contributed by atoms with Gasteiger partial charge in [-0.05, 0) is 72.4 Å². The summed E-state index contributed by atoms with van der Waals surface area (Å²) in [5.41, 5.74) is 4.36. The smallest absolute Gasteiger partial charge is 0.119 e. The van der Waals surface area contributed by atoms with E-state index in [2.05, 4.69) is 58.4 Å². The fourth-order valence-electron chi connectivity index (χ4n) is 3.46. The maximum atomic E-state index is 8.89. The van der Waals surface area contributed by atoms with Gasteiger partial charge < -0.3 is 4.74 Å². The quantitative estimate of drug-likeness (QED) is 0.271. The molecule has 0 amide bonds. The lowest BCUT2D eigenvalue weighted by atomic mass is 10.0. The third-order valence-corrected chi connectivity index (χ3v) is 5.77. The predicted molar refractivity (Wildman–Crippen MR) is 128 cm³/mol. The molecule has 0 fully saturated rings. The second-order valence-corrected chi connectivity index (χ2v) is 8.48. The van der Waals surface area contributed by atoms with Crippen LogP contribution >= 0.6 is 15.9 Å². The minimum absolute atomic E-state index is 0.684. The average Bonchev–Trinajstić information content (AvgIpc) is 2.79. The van der Waals surface area contributed by atoms with Gasteiger partial charge in [-0.15, -0.1) is 0 Å². The fourth-order valence-corrected chi connectivity index (χ4v) is 3.72. The number of rotatable bonds is 11. The Bertz CT molecular complexity index is 925. The van der Waals surface area contributed by atoms with Gasteiger partial charge in [0.2, 0.25) is 0 Å². The van der Waals surface area contributed by atoms with E-state index in [1.54, 1.807) is 0 Å². The lowest BCUT2D eigenvalue weighted by Crippen LogP contribution is -1.97. The molecule has 0 aliphatic rings. The van der Waals surface area contributed by atoms with E-state index in [1.807, 2.05) is 36.4 Å². The standard InChI is InChI=1S/C27H28BrNO/c28-26-16-10-22(11-17-26)7-5-3-1-2-4-6-20-30-27-18-14-25(15-19-27)24-12-8-23(21-29)9-13-24/h8-19H,1-7,20H2. The summed E-state index contributed by atoms with van der Waals surface area (Å²) in [4.78, 5) is 0. The third-order valence-electron chi connectivity index (χ3n) is 5.24. The van der Waals surface area contributed by atoms with Crippen LogP contribution in [0.25, 0.3) is 11.1 Å². The van der Waals surface area contributed by atoms with E-state index >= 15 is 0 Å². The normalized spacial score (nSPS) is 10.5. The van der Waals surface area contributed by atoms with E-state index in [9.17, 15) is 0 Å². The summed E-state index contributed by atoms with van der Waals surface area (Å²) < 4.78 is 7.03. The summed E-state index contributed by atoms with van der Waals surface area (Å²) in [6.45, 7) is 0.773. The van der Waals surface area contributed by atoms with Crippen molar-refractivity contribution in [3.63, 3.8) is 0 Å². The zero-order valence-electron chi connectivity index (χ0n) is 17.3. The summed E-state index contributed by atoms with van der Waals surface area (Å²) in [5, 5.41) is 8.89. The molecule has 0 spiro atoms. The second-order valence-electron chi connectivity index (χ2n) is 7.56. The summed E-state index contributed by atoms with van der Waals surface area (Å²) in [5.74, 6) is 0.918. The first kappa shape index (κ1) is 22.1. The van der Waals surface area contributed by atoms with Crippen molar-refractivity contribution in [2.24, 2.45) is 0 Å². The minimum atomic E-state index is 0.684. The highest BCUT2D eigenvalue weighted by Crippen LogP contribution is 2.23. The topological polar surface area (TPSA) is 33.0 Å². The van der Waals surface area contributed by atoms with Crippen molar-refractivity contribution in [3.05, 3.63) is 88.4 Å². The van der Waals surface area contributed by atoms with E-state index in [1.165, 1.54) is 44.1 Å². The van der Waals surface area contributed by atoms with Gasteiger partial charge in [-0.1, -0.05) is 78.0 Å². The number of hydrogen-bond acceptors (Lipinski definition) is 2. The molecule has 0 radical (unpaired) electrons. The van der Waals surface area contributed by atoms with Crippen LogP contribution in [0.1, 0.15) is 49.7 Å². The SMILES string of the molecule is N#Cc1ccc(-c2ccc(OCCCCCCCCc3ccc(Br)cc3)cc2)cc1. The van der Waals surface area contributed by atoms with Crippen LogP contribution in [-0.2, 0) is 6.42 Å². The van der Waals surface area contributed by atoms with Crippen molar-refractivity contribution in [2.45, 2.75) is 44.9 Å². The van der Waals surface area contributed by atoms with E-state index < -0.39 is 0 Å². The van der Waals surface area contributed by atoms with Gasteiger partial charge in [-0.3, -0.25) is 0 Å². The lowest BCUT2D eigenvalue weighted by molar-refractivity contribution is 0.304. The van der Waals surface area contributed by atoms with Crippen LogP contribution < -0.4 is 4.74 Å². The Balaban J connectivity index is 1.25. The van der Waals surface area contributed by atoms with Crippen molar-refractivity contribution in [1.82, 2.24) is 0 Å². The van der Waals surface area contributed by atoms with Gasteiger partial charge in [-0.2, -0.15) is 5.26 Å². The van der Waals surface area contributed by atoms with Crippen LogP contribution in [0.2, 0.25) is 0 Å². The van der Waals surface area contributed by atoms with Crippen LogP contribution in [0.15, 0.2) is 77.3 Å². The third kappa shape index (κ3) is 7.35. The first-order valence-electron chi connectivity index (χ1n) is 10.7. The van der Waals surface area contributed by atoms with Gasteiger partial charge >= 0.3 is 0 Å². The monoisotopic (exact) mass is 461 g/mol. The second kappa shape index (κ2) is 12.2. The van der Waals surface area contributed by atoms with Crippen molar-refractivity contribution < 1.29 is 4.74 Å². The van der Waals surface area contributed by atoms with Gasteiger partial charge in [-0.25, -0.2) is 0 Å². The molecular formula is C27H28BrNO. The van der Waals surface area contributed by atoms with Crippen molar-refractivity contribution >= 4 is 15.9 Å². The van der Waals surface area contributed by atoms with Gasteiger partial charge in [0.1, 0.15) is 5.75 Å². The number of unbranched alkanes of at least 4 members (excludes halogenated alkanes) is 5. The Kier molecular flexibility index (Phi) is 9.00. The molecule has 0 aliphatic carbocycles. The Morgan fingerprint density at radius 3 is 1.87 bits per heavy atom. The molecule has 3 aromatic rings. The number of nitrogens with zero attached hydrogens (tertiary/aromatic N) is 1. The van der Waals surface area contributed by atoms with Crippen molar-refractivity contribution in [1.29, 1.82) is 5.26 Å². The molecule has 0 aromatic heterocycles. The van der Waals surface area contributed by atoms with Gasteiger partial charge in [0, 0.05) is 4.47 Å². The van der Waals surface area contributed by atoms with Crippen LogP contribution in [0.5, 0.6) is 5.75 Å². The predicted octanol–water partition coefficient (Wildman–Crippen LogP) is 7.95. The summed E-state index contributed by atoms with van der Waals surface area (Å²) in [6, 6.07) is 26.6. The molecule has 3 aromatic carbocycles. The highest BCUT2D eigenvalue weighted by Gasteiger charge is 2.00. The molecule has 0 heterocycles. The fraction of sp³-hybridized carbons (Fsp3) is 0.296. The number of benzene rings is 3. The molecule has 30 heavy (non-hydrogen) atoms. The Morgan fingerprint density at radius 1 is 0.667 bits per heavy atom. The van der Waals surface area contributed by atoms with Crippen molar-refractivity contribution in [3.8, 4) is 22.9 Å². The molecule has 0 saturated carbocycles. The molecule has 0 saturated heterocycles. The first-order chi connectivity index (χ1) is 14.7. The maximum Gasteiger partial charge on any atom is 0.119 e. The largest absolute Gasteiger partial charge is 0.494 e. The zero-order valence-corrected chi connectivity index (χ0v) is 18.9. The summed E-state index contributed by atoms with van der Waals surface area (Å²) in [6.07, 6.45) is 8.65. The van der Waals surface area contributed by atoms with E-state index in [-0.39, 0.29) is 0 Å². The lowest BCUT2D eigenvalue weighted by Gasteiger charge is -2.08. The number of aryl methyl sites for hydroxylation is 1. The molecule has 3 rings (SSSR count).